The van der Waals surface area contributed by atoms with E-state index >= 15 is 0 Å². The van der Waals surface area contributed by atoms with Crippen molar-refractivity contribution in [3.8, 4) is 0 Å². The van der Waals surface area contributed by atoms with Gasteiger partial charge in [0.15, 0.2) is 0 Å². The minimum Gasteiger partial charge on any atom is -0.341 e. The molecule has 9 heteroatoms. The zero-order valence-corrected chi connectivity index (χ0v) is 16.9. The first-order valence-electron chi connectivity index (χ1n) is 9.15. The molecule has 0 bridgehead atoms. The largest absolute Gasteiger partial charge is 0.341 e. The molecule has 1 aromatic carbocycles. The summed E-state index contributed by atoms with van der Waals surface area (Å²) in [4.78, 5) is 25.5. The lowest BCUT2D eigenvalue weighted by molar-refractivity contribution is -0.125. The Kier molecular flexibility index (Phi) is 7.34. The Hall–Kier alpha value is -1.97. The number of hydrogen-bond acceptors (Lipinski definition) is 5. The highest BCUT2D eigenvalue weighted by atomic mass is 32.2. The van der Waals surface area contributed by atoms with Crippen LogP contribution in [0, 0.1) is 0 Å². The standard InChI is InChI=1S/C18H28N4O4S/c1-4-5-15-6-8-16(9-7-15)27(25,26)22-12-10-21(11-13-22)14(2)17(23)20-18(24)19-3/h6-9,14H,4-5,10-13H2,1-3H3,(H2,19,20,23,24)/t14-/m0/s1. The number of aryl methyl sites for hydroxylation is 1. The lowest BCUT2D eigenvalue weighted by atomic mass is 10.1. The van der Waals surface area contributed by atoms with Crippen molar-refractivity contribution in [3.05, 3.63) is 29.8 Å². The van der Waals surface area contributed by atoms with Gasteiger partial charge in [0.05, 0.1) is 10.9 Å². The van der Waals surface area contributed by atoms with Crippen molar-refractivity contribution < 1.29 is 18.0 Å². The van der Waals surface area contributed by atoms with E-state index in [0.717, 1.165) is 18.4 Å². The van der Waals surface area contributed by atoms with Gasteiger partial charge in [-0.2, -0.15) is 4.31 Å². The highest BCUT2D eigenvalue weighted by Gasteiger charge is 2.32. The first-order chi connectivity index (χ1) is 12.8. The third-order valence-corrected chi connectivity index (χ3v) is 6.68. The molecule has 3 amide bonds. The van der Waals surface area contributed by atoms with Crippen molar-refractivity contribution in [2.24, 2.45) is 0 Å². The molecule has 8 nitrogen and oxygen atoms in total. The van der Waals surface area contributed by atoms with Gasteiger partial charge < -0.3 is 5.32 Å². The Labute approximate surface area is 161 Å². The second kappa shape index (κ2) is 9.29. The van der Waals surface area contributed by atoms with Crippen LogP contribution < -0.4 is 10.6 Å². The Morgan fingerprint density at radius 3 is 2.22 bits per heavy atom. The lowest BCUT2D eigenvalue weighted by Crippen LogP contribution is -2.56. The van der Waals surface area contributed by atoms with Gasteiger partial charge >= 0.3 is 6.03 Å². The Balaban J connectivity index is 1.97. The number of amides is 3. The first kappa shape index (κ1) is 21.3. The summed E-state index contributed by atoms with van der Waals surface area (Å²) in [7, 11) is -2.11. The third-order valence-electron chi connectivity index (χ3n) is 4.76. The fourth-order valence-electron chi connectivity index (χ4n) is 3.04. The number of rotatable bonds is 6. The third kappa shape index (κ3) is 5.27. The van der Waals surface area contributed by atoms with E-state index < -0.39 is 28.0 Å². The molecule has 1 aliphatic heterocycles. The minimum absolute atomic E-state index is 0.293. The van der Waals surface area contributed by atoms with Crippen molar-refractivity contribution >= 4 is 22.0 Å². The number of urea groups is 1. The maximum Gasteiger partial charge on any atom is 0.321 e. The first-order valence-corrected chi connectivity index (χ1v) is 10.6. The minimum atomic E-state index is -3.54. The van der Waals surface area contributed by atoms with Crippen LogP contribution in [0.5, 0.6) is 0 Å². The smallest absolute Gasteiger partial charge is 0.321 e. The van der Waals surface area contributed by atoms with Gasteiger partial charge in [0.1, 0.15) is 0 Å². The van der Waals surface area contributed by atoms with Crippen molar-refractivity contribution in [3.63, 3.8) is 0 Å². The number of nitrogens with one attached hydrogen (secondary N) is 2. The van der Waals surface area contributed by atoms with Gasteiger partial charge in [-0.15, -0.1) is 0 Å². The van der Waals surface area contributed by atoms with Crippen LogP contribution in [0.3, 0.4) is 0 Å². The van der Waals surface area contributed by atoms with Crippen molar-refractivity contribution in [1.82, 2.24) is 19.8 Å². The summed E-state index contributed by atoms with van der Waals surface area (Å²) in [6, 6.07) is 5.97. The monoisotopic (exact) mass is 396 g/mol. The summed E-state index contributed by atoms with van der Waals surface area (Å²) in [6.45, 7) is 5.24. The predicted molar refractivity (Wildman–Crippen MR) is 103 cm³/mol. The average molecular weight is 397 g/mol. The predicted octanol–water partition coefficient (Wildman–Crippen LogP) is 0.790. The van der Waals surface area contributed by atoms with Crippen LogP contribution in [0.15, 0.2) is 29.2 Å². The number of carbonyl (C=O) groups excluding carboxylic acids is 2. The van der Waals surface area contributed by atoms with Crippen LogP contribution in [0.25, 0.3) is 0 Å². The normalized spacial score (nSPS) is 17.3. The maximum absolute atomic E-state index is 12.8. The van der Waals surface area contributed by atoms with Gasteiger partial charge in [-0.05, 0) is 31.0 Å². The molecule has 1 saturated heterocycles. The molecule has 0 spiro atoms. The van der Waals surface area contributed by atoms with E-state index in [2.05, 4.69) is 17.6 Å². The van der Waals surface area contributed by atoms with Gasteiger partial charge in [-0.1, -0.05) is 25.5 Å². The van der Waals surface area contributed by atoms with E-state index in [-0.39, 0.29) is 0 Å². The van der Waals surface area contributed by atoms with Gasteiger partial charge in [0, 0.05) is 33.2 Å². The fraction of sp³-hybridized carbons (Fsp3) is 0.556. The number of piperazine rings is 1. The summed E-state index contributed by atoms with van der Waals surface area (Å²) in [5.41, 5.74) is 1.12. The van der Waals surface area contributed by atoms with Crippen LogP contribution in [0.1, 0.15) is 25.8 Å². The van der Waals surface area contributed by atoms with Gasteiger partial charge in [0.2, 0.25) is 15.9 Å². The molecule has 0 saturated carbocycles. The summed E-state index contributed by atoms with van der Waals surface area (Å²) in [5, 5.41) is 4.58. The number of sulfonamides is 1. The molecule has 1 fully saturated rings. The topological polar surface area (TPSA) is 98.8 Å². The zero-order valence-electron chi connectivity index (χ0n) is 16.1. The van der Waals surface area contributed by atoms with Crippen LogP contribution in [0.4, 0.5) is 4.79 Å². The van der Waals surface area contributed by atoms with Crippen LogP contribution in [0.2, 0.25) is 0 Å². The Bertz CT molecular complexity index is 756. The molecular weight excluding hydrogens is 368 g/mol. The SMILES string of the molecule is CCCc1ccc(S(=O)(=O)N2CCN([C@@H](C)C(=O)NC(=O)NC)CC2)cc1. The summed E-state index contributed by atoms with van der Waals surface area (Å²) >= 11 is 0. The molecule has 2 N–H and O–H groups in total. The molecule has 1 aliphatic rings. The van der Waals surface area contributed by atoms with Crippen molar-refractivity contribution in [2.75, 3.05) is 33.2 Å². The highest BCUT2D eigenvalue weighted by molar-refractivity contribution is 7.89. The van der Waals surface area contributed by atoms with Gasteiger partial charge in [0.25, 0.3) is 0 Å². The van der Waals surface area contributed by atoms with E-state index in [1.54, 1.807) is 19.1 Å². The molecule has 27 heavy (non-hydrogen) atoms. The van der Waals surface area contributed by atoms with E-state index in [4.69, 9.17) is 0 Å². The number of benzene rings is 1. The molecule has 1 atom stereocenters. The number of nitrogens with zero attached hydrogens (tertiary/aromatic N) is 2. The highest BCUT2D eigenvalue weighted by Crippen LogP contribution is 2.19. The number of carbonyl (C=O) groups is 2. The quantitative estimate of drug-likeness (QED) is 0.741. The van der Waals surface area contributed by atoms with Crippen LogP contribution in [-0.2, 0) is 21.2 Å². The molecule has 2 rings (SSSR count). The summed E-state index contributed by atoms with van der Waals surface area (Å²) in [5.74, 6) is -0.405. The molecule has 150 valence electrons. The number of imide groups is 1. The molecule has 0 aromatic heterocycles. The molecule has 0 aliphatic carbocycles. The summed E-state index contributed by atoms with van der Waals surface area (Å²) < 4.78 is 27.1. The van der Waals surface area contributed by atoms with Crippen LogP contribution in [-0.4, -0.2) is 68.8 Å². The van der Waals surface area contributed by atoms with E-state index in [0.29, 0.717) is 31.1 Å². The molecule has 1 aromatic rings. The second-order valence-corrected chi connectivity index (χ2v) is 8.52. The molecular formula is C18H28N4O4S. The van der Waals surface area contributed by atoms with E-state index in [1.165, 1.54) is 11.4 Å². The van der Waals surface area contributed by atoms with Crippen molar-refractivity contribution in [1.29, 1.82) is 0 Å². The summed E-state index contributed by atoms with van der Waals surface area (Å²) in [6.07, 6.45) is 1.94. The molecule has 0 unspecified atom stereocenters. The molecule has 0 radical (unpaired) electrons. The average Bonchev–Trinajstić information content (AvgIpc) is 2.68. The lowest BCUT2D eigenvalue weighted by Gasteiger charge is -2.36. The van der Waals surface area contributed by atoms with E-state index in [9.17, 15) is 18.0 Å². The van der Waals surface area contributed by atoms with Gasteiger partial charge in [-0.3, -0.25) is 15.0 Å². The Morgan fingerprint density at radius 2 is 1.70 bits per heavy atom. The maximum atomic E-state index is 12.8. The van der Waals surface area contributed by atoms with Gasteiger partial charge in [-0.25, -0.2) is 13.2 Å². The fourth-order valence-corrected chi connectivity index (χ4v) is 4.46. The van der Waals surface area contributed by atoms with Crippen LogP contribution >= 0.6 is 0 Å². The Morgan fingerprint density at radius 1 is 1.11 bits per heavy atom. The van der Waals surface area contributed by atoms with E-state index in [1.807, 2.05) is 17.0 Å². The number of hydrogen-bond donors (Lipinski definition) is 2. The zero-order chi connectivity index (χ0) is 20.0. The van der Waals surface area contributed by atoms with Crippen molar-refractivity contribution in [2.45, 2.75) is 37.6 Å². The molecule has 1 heterocycles. The second-order valence-electron chi connectivity index (χ2n) is 6.58.